The van der Waals surface area contributed by atoms with Crippen molar-refractivity contribution in [1.29, 1.82) is 5.26 Å². The van der Waals surface area contributed by atoms with E-state index in [1.54, 1.807) is 12.4 Å². The fourth-order valence-corrected chi connectivity index (χ4v) is 2.28. The Hall–Kier alpha value is -3.13. The molecule has 0 atom stereocenters. The average Bonchev–Trinajstić information content (AvgIpc) is 2.92. The molecule has 1 heterocycles. The topological polar surface area (TPSA) is 80.5 Å². The van der Waals surface area contributed by atoms with Crippen LogP contribution >= 0.6 is 0 Å². The fourth-order valence-electron chi connectivity index (χ4n) is 2.28. The summed E-state index contributed by atoms with van der Waals surface area (Å²) in [5.74, 6) is 0.747. The van der Waals surface area contributed by atoms with E-state index in [-0.39, 0.29) is 0 Å². The first-order valence-corrected chi connectivity index (χ1v) is 6.43. The smallest absolute Gasteiger partial charge is 0.164 e. The molecular formula is C16H13N5. The van der Waals surface area contributed by atoms with Gasteiger partial charge in [-0.2, -0.15) is 5.26 Å². The normalized spacial score (nSPS) is 10.3. The van der Waals surface area contributed by atoms with Gasteiger partial charge < -0.3 is 10.3 Å². The lowest BCUT2D eigenvalue weighted by Crippen LogP contribution is -1.95. The summed E-state index contributed by atoms with van der Waals surface area (Å²) in [5.41, 5.74) is 9.92. The van der Waals surface area contributed by atoms with Crippen LogP contribution in [0.25, 0.3) is 22.5 Å². The highest BCUT2D eigenvalue weighted by atomic mass is 15.2. The SMILES string of the molecule is Cn1cnnc1-c1ccc(C#N)cc1-c1cccc(N)c1. The molecule has 0 amide bonds. The molecule has 102 valence electrons. The van der Waals surface area contributed by atoms with Gasteiger partial charge in [-0.1, -0.05) is 12.1 Å². The van der Waals surface area contributed by atoms with Crippen LogP contribution in [0.3, 0.4) is 0 Å². The van der Waals surface area contributed by atoms with Crippen molar-refractivity contribution in [3.8, 4) is 28.6 Å². The number of hydrogen-bond acceptors (Lipinski definition) is 4. The van der Waals surface area contributed by atoms with Gasteiger partial charge in [0.25, 0.3) is 0 Å². The van der Waals surface area contributed by atoms with E-state index in [0.717, 1.165) is 22.5 Å². The van der Waals surface area contributed by atoms with E-state index < -0.39 is 0 Å². The number of nitriles is 1. The van der Waals surface area contributed by atoms with Gasteiger partial charge in [0.15, 0.2) is 5.82 Å². The molecule has 2 N–H and O–H groups in total. The van der Waals surface area contributed by atoms with Crippen molar-refractivity contribution in [2.75, 3.05) is 5.73 Å². The number of hydrogen-bond donors (Lipinski definition) is 1. The van der Waals surface area contributed by atoms with Crippen LogP contribution in [0.1, 0.15) is 5.56 Å². The van der Waals surface area contributed by atoms with E-state index in [0.29, 0.717) is 11.3 Å². The van der Waals surface area contributed by atoms with E-state index in [2.05, 4.69) is 16.3 Å². The Morgan fingerprint density at radius 3 is 2.67 bits per heavy atom. The largest absolute Gasteiger partial charge is 0.399 e. The summed E-state index contributed by atoms with van der Waals surface area (Å²) < 4.78 is 1.84. The molecule has 0 spiro atoms. The minimum atomic E-state index is 0.596. The molecular weight excluding hydrogens is 262 g/mol. The summed E-state index contributed by atoms with van der Waals surface area (Å²) >= 11 is 0. The third kappa shape index (κ3) is 2.35. The number of nitrogens with zero attached hydrogens (tertiary/aromatic N) is 4. The highest BCUT2D eigenvalue weighted by Gasteiger charge is 2.13. The van der Waals surface area contributed by atoms with E-state index >= 15 is 0 Å². The molecule has 0 aliphatic heterocycles. The second-order valence-corrected chi connectivity index (χ2v) is 4.76. The summed E-state index contributed by atoms with van der Waals surface area (Å²) in [6, 6.07) is 15.3. The first-order chi connectivity index (χ1) is 10.2. The lowest BCUT2D eigenvalue weighted by molar-refractivity contribution is 0.920. The molecule has 1 aromatic heterocycles. The second kappa shape index (κ2) is 5.10. The second-order valence-electron chi connectivity index (χ2n) is 4.76. The Kier molecular flexibility index (Phi) is 3.13. The van der Waals surface area contributed by atoms with E-state index in [1.807, 2.05) is 48.0 Å². The number of nitrogens with two attached hydrogens (primary N) is 1. The minimum absolute atomic E-state index is 0.596. The minimum Gasteiger partial charge on any atom is -0.399 e. The predicted molar refractivity (Wildman–Crippen MR) is 81.0 cm³/mol. The van der Waals surface area contributed by atoms with E-state index in [9.17, 15) is 0 Å². The maximum Gasteiger partial charge on any atom is 0.164 e. The summed E-state index contributed by atoms with van der Waals surface area (Å²) in [6.07, 6.45) is 1.65. The Labute approximate surface area is 122 Å². The molecule has 3 aromatic rings. The Bertz CT molecular complexity index is 842. The molecule has 0 bridgehead atoms. The molecule has 5 heteroatoms. The van der Waals surface area contributed by atoms with Crippen LogP contribution in [0.4, 0.5) is 5.69 Å². The van der Waals surface area contributed by atoms with E-state index in [4.69, 9.17) is 11.0 Å². The monoisotopic (exact) mass is 275 g/mol. The number of aryl methyl sites for hydroxylation is 1. The van der Waals surface area contributed by atoms with Crippen LogP contribution in [0.5, 0.6) is 0 Å². The summed E-state index contributed by atoms with van der Waals surface area (Å²) in [7, 11) is 1.89. The molecule has 5 nitrogen and oxygen atoms in total. The molecule has 3 rings (SSSR count). The zero-order valence-corrected chi connectivity index (χ0v) is 11.5. The van der Waals surface area contributed by atoms with Gasteiger partial charge in [-0.25, -0.2) is 0 Å². The van der Waals surface area contributed by atoms with Crippen molar-refractivity contribution in [2.24, 2.45) is 7.05 Å². The summed E-state index contributed by atoms with van der Waals surface area (Å²) in [4.78, 5) is 0. The van der Waals surface area contributed by atoms with Gasteiger partial charge in [0, 0.05) is 18.3 Å². The van der Waals surface area contributed by atoms with Gasteiger partial charge in [-0.15, -0.1) is 10.2 Å². The van der Waals surface area contributed by atoms with Crippen LogP contribution in [-0.4, -0.2) is 14.8 Å². The van der Waals surface area contributed by atoms with Gasteiger partial charge in [0.05, 0.1) is 11.6 Å². The predicted octanol–water partition coefficient (Wildman–Crippen LogP) is 2.60. The molecule has 2 aromatic carbocycles. The number of anilines is 1. The maximum atomic E-state index is 9.13. The zero-order valence-electron chi connectivity index (χ0n) is 11.5. The maximum absolute atomic E-state index is 9.13. The van der Waals surface area contributed by atoms with Gasteiger partial charge in [-0.3, -0.25) is 0 Å². The average molecular weight is 275 g/mol. The highest BCUT2D eigenvalue weighted by Crippen LogP contribution is 2.32. The van der Waals surface area contributed by atoms with Crippen molar-refractivity contribution in [1.82, 2.24) is 14.8 Å². The molecule has 0 unspecified atom stereocenters. The quantitative estimate of drug-likeness (QED) is 0.729. The molecule has 0 saturated heterocycles. The number of rotatable bonds is 2. The van der Waals surface area contributed by atoms with Crippen molar-refractivity contribution >= 4 is 5.69 Å². The molecule has 0 aliphatic rings. The van der Waals surface area contributed by atoms with Gasteiger partial charge in [0.2, 0.25) is 0 Å². The lowest BCUT2D eigenvalue weighted by Gasteiger charge is -2.10. The third-order valence-electron chi connectivity index (χ3n) is 3.30. The first-order valence-electron chi connectivity index (χ1n) is 6.43. The van der Waals surface area contributed by atoms with Gasteiger partial charge in [-0.05, 0) is 41.5 Å². The van der Waals surface area contributed by atoms with Crippen LogP contribution < -0.4 is 5.73 Å². The van der Waals surface area contributed by atoms with Crippen LogP contribution in [0.15, 0.2) is 48.8 Å². The Morgan fingerprint density at radius 2 is 2.00 bits per heavy atom. The lowest BCUT2D eigenvalue weighted by atomic mass is 9.96. The third-order valence-corrected chi connectivity index (χ3v) is 3.30. The molecule has 0 radical (unpaired) electrons. The molecule has 21 heavy (non-hydrogen) atoms. The van der Waals surface area contributed by atoms with Crippen molar-refractivity contribution < 1.29 is 0 Å². The Morgan fingerprint density at radius 1 is 1.14 bits per heavy atom. The highest BCUT2D eigenvalue weighted by molar-refractivity contribution is 5.82. The zero-order chi connectivity index (χ0) is 14.8. The standard InChI is InChI=1S/C16H13N5/c1-21-10-19-20-16(21)14-6-5-11(9-17)7-15(14)12-3-2-4-13(18)8-12/h2-8,10H,18H2,1H3. The van der Waals surface area contributed by atoms with Crippen molar-refractivity contribution in [3.05, 3.63) is 54.4 Å². The molecule has 0 aliphatic carbocycles. The number of aromatic nitrogens is 3. The van der Waals surface area contributed by atoms with Gasteiger partial charge in [0.1, 0.15) is 6.33 Å². The first kappa shape index (κ1) is 12.9. The van der Waals surface area contributed by atoms with Crippen LogP contribution in [-0.2, 0) is 7.05 Å². The summed E-state index contributed by atoms with van der Waals surface area (Å²) in [5, 5.41) is 17.2. The Balaban J connectivity index is 2.27. The van der Waals surface area contributed by atoms with Crippen LogP contribution in [0.2, 0.25) is 0 Å². The van der Waals surface area contributed by atoms with Crippen molar-refractivity contribution in [3.63, 3.8) is 0 Å². The van der Waals surface area contributed by atoms with Crippen molar-refractivity contribution in [2.45, 2.75) is 0 Å². The van der Waals surface area contributed by atoms with E-state index in [1.165, 1.54) is 0 Å². The van der Waals surface area contributed by atoms with Gasteiger partial charge >= 0.3 is 0 Å². The number of nitrogen functional groups attached to an aromatic ring is 1. The summed E-state index contributed by atoms with van der Waals surface area (Å²) in [6.45, 7) is 0. The fraction of sp³-hybridized carbons (Fsp3) is 0.0625. The number of benzene rings is 2. The van der Waals surface area contributed by atoms with Crippen LogP contribution in [0, 0.1) is 11.3 Å². The molecule has 0 saturated carbocycles. The molecule has 0 fully saturated rings.